The van der Waals surface area contributed by atoms with Gasteiger partial charge in [0.15, 0.2) is 0 Å². The SMILES string of the molecule is COc1ccccc1CCNc1ccc(NC(=O)c2cccnc2)nc1. The summed E-state index contributed by atoms with van der Waals surface area (Å²) in [5.74, 6) is 1.15. The molecule has 0 spiro atoms. The predicted octanol–water partition coefficient (Wildman–Crippen LogP) is 3.39. The zero-order valence-corrected chi connectivity index (χ0v) is 14.5. The van der Waals surface area contributed by atoms with Gasteiger partial charge in [-0.2, -0.15) is 0 Å². The van der Waals surface area contributed by atoms with Gasteiger partial charge in [-0.1, -0.05) is 18.2 Å². The maximum absolute atomic E-state index is 12.1. The summed E-state index contributed by atoms with van der Waals surface area (Å²) in [4.78, 5) is 20.3. The molecule has 0 atom stereocenters. The second kappa shape index (κ2) is 8.62. The number of amides is 1. The van der Waals surface area contributed by atoms with Crippen LogP contribution in [0.15, 0.2) is 67.1 Å². The number of ether oxygens (including phenoxy) is 1. The second-order valence-electron chi connectivity index (χ2n) is 5.62. The highest BCUT2D eigenvalue weighted by Gasteiger charge is 2.06. The molecule has 3 rings (SSSR count). The van der Waals surface area contributed by atoms with Gasteiger partial charge in [-0.25, -0.2) is 4.98 Å². The molecular formula is C20H20N4O2. The molecule has 1 aromatic carbocycles. The lowest BCUT2D eigenvalue weighted by molar-refractivity contribution is 0.102. The monoisotopic (exact) mass is 348 g/mol. The molecule has 0 unspecified atom stereocenters. The van der Waals surface area contributed by atoms with E-state index in [1.54, 1.807) is 37.7 Å². The number of carbonyl (C=O) groups excluding carboxylic acids is 1. The van der Waals surface area contributed by atoms with Crippen LogP contribution in [0.1, 0.15) is 15.9 Å². The third-order valence-electron chi connectivity index (χ3n) is 3.84. The number of pyridine rings is 2. The summed E-state index contributed by atoms with van der Waals surface area (Å²) in [6, 6.07) is 15.0. The number of benzene rings is 1. The van der Waals surface area contributed by atoms with Gasteiger partial charge in [0, 0.05) is 18.9 Å². The first-order valence-corrected chi connectivity index (χ1v) is 8.29. The summed E-state index contributed by atoms with van der Waals surface area (Å²) in [6.07, 6.45) is 5.67. The number of nitrogens with one attached hydrogen (secondary N) is 2. The normalized spacial score (nSPS) is 10.2. The highest BCUT2D eigenvalue weighted by atomic mass is 16.5. The molecule has 0 aliphatic rings. The van der Waals surface area contributed by atoms with Crippen LogP contribution in [-0.2, 0) is 6.42 Å². The van der Waals surface area contributed by atoms with Crippen molar-refractivity contribution >= 4 is 17.4 Å². The lowest BCUT2D eigenvalue weighted by Gasteiger charge is -2.10. The summed E-state index contributed by atoms with van der Waals surface area (Å²) in [7, 11) is 1.68. The number of hydrogen-bond acceptors (Lipinski definition) is 5. The number of aromatic nitrogens is 2. The topological polar surface area (TPSA) is 76.1 Å². The fourth-order valence-corrected chi connectivity index (χ4v) is 2.51. The molecule has 0 radical (unpaired) electrons. The van der Waals surface area contributed by atoms with E-state index in [0.717, 1.165) is 30.0 Å². The van der Waals surface area contributed by atoms with Gasteiger partial charge < -0.3 is 15.4 Å². The Bertz CT molecular complexity index is 851. The quantitative estimate of drug-likeness (QED) is 0.684. The molecule has 2 N–H and O–H groups in total. The van der Waals surface area contributed by atoms with Crippen molar-refractivity contribution in [3.8, 4) is 5.75 Å². The van der Waals surface area contributed by atoms with Crippen LogP contribution in [0.4, 0.5) is 11.5 Å². The first kappa shape index (κ1) is 17.4. The number of anilines is 2. The van der Waals surface area contributed by atoms with Gasteiger partial charge in [0.05, 0.1) is 24.6 Å². The number of rotatable bonds is 7. The fourth-order valence-electron chi connectivity index (χ4n) is 2.51. The molecule has 0 aliphatic carbocycles. The van der Waals surface area contributed by atoms with Crippen LogP contribution in [0.5, 0.6) is 5.75 Å². The number of methoxy groups -OCH3 is 1. The third-order valence-corrected chi connectivity index (χ3v) is 3.84. The molecule has 0 aliphatic heterocycles. The highest BCUT2D eigenvalue weighted by molar-refractivity contribution is 6.03. The van der Waals surface area contributed by atoms with Crippen molar-refractivity contribution in [1.82, 2.24) is 9.97 Å². The Morgan fingerprint density at radius 1 is 1.08 bits per heavy atom. The molecule has 0 saturated heterocycles. The van der Waals surface area contributed by atoms with E-state index in [1.807, 2.05) is 24.3 Å². The fraction of sp³-hybridized carbons (Fsp3) is 0.150. The molecule has 6 heteroatoms. The molecule has 1 amide bonds. The summed E-state index contributed by atoms with van der Waals surface area (Å²) < 4.78 is 5.35. The molecule has 0 bridgehead atoms. The van der Waals surface area contributed by atoms with Crippen molar-refractivity contribution in [2.45, 2.75) is 6.42 Å². The Morgan fingerprint density at radius 3 is 2.69 bits per heavy atom. The van der Waals surface area contributed by atoms with Crippen LogP contribution in [0.3, 0.4) is 0 Å². The third kappa shape index (κ3) is 4.57. The zero-order chi connectivity index (χ0) is 18.2. The van der Waals surface area contributed by atoms with E-state index in [9.17, 15) is 4.79 Å². The van der Waals surface area contributed by atoms with E-state index in [-0.39, 0.29) is 5.91 Å². The molecule has 2 heterocycles. The number of carbonyl (C=O) groups is 1. The molecule has 0 saturated carbocycles. The van der Waals surface area contributed by atoms with Gasteiger partial charge in [0.1, 0.15) is 11.6 Å². The van der Waals surface area contributed by atoms with E-state index in [4.69, 9.17) is 4.74 Å². The minimum atomic E-state index is -0.234. The van der Waals surface area contributed by atoms with Crippen molar-refractivity contribution < 1.29 is 9.53 Å². The lowest BCUT2D eigenvalue weighted by Crippen LogP contribution is -2.13. The van der Waals surface area contributed by atoms with Crippen molar-refractivity contribution in [1.29, 1.82) is 0 Å². The molecule has 26 heavy (non-hydrogen) atoms. The van der Waals surface area contributed by atoms with E-state index in [0.29, 0.717) is 11.4 Å². The largest absolute Gasteiger partial charge is 0.496 e. The predicted molar refractivity (Wildman–Crippen MR) is 102 cm³/mol. The minimum Gasteiger partial charge on any atom is -0.496 e. The van der Waals surface area contributed by atoms with Crippen LogP contribution < -0.4 is 15.4 Å². The first-order chi connectivity index (χ1) is 12.8. The van der Waals surface area contributed by atoms with Crippen molar-refractivity contribution in [3.63, 3.8) is 0 Å². The van der Waals surface area contributed by atoms with Gasteiger partial charge in [-0.05, 0) is 42.3 Å². The smallest absolute Gasteiger partial charge is 0.258 e. The van der Waals surface area contributed by atoms with Gasteiger partial charge in [0.25, 0.3) is 5.91 Å². The van der Waals surface area contributed by atoms with Gasteiger partial charge in [-0.3, -0.25) is 9.78 Å². The van der Waals surface area contributed by atoms with Crippen molar-refractivity contribution in [2.75, 3.05) is 24.3 Å². The molecular weight excluding hydrogens is 328 g/mol. The second-order valence-corrected chi connectivity index (χ2v) is 5.62. The molecule has 132 valence electrons. The van der Waals surface area contributed by atoms with Gasteiger partial charge in [0.2, 0.25) is 0 Å². The zero-order valence-electron chi connectivity index (χ0n) is 14.5. The van der Waals surface area contributed by atoms with Crippen LogP contribution >= 0.6 is 0 Å². The molecule has 3 aromatic rings. The van der Waals surface area contributed by atoms with E-state index in [2.05, 4.69) is 26.7 Å². The minimum absolute atomic E-state index is 0.234. The van der Waals surface area contributed by atoms with E-state index in [1.165, 1.54) is 6.20 Å². The highest BCUT2D eigenvalue weighted by Crippen LogP contribution is 2.18. The summed E-state index contributed by atoms with van der Waals surface area (Å²) in [5.41, 5.74) is 2.53. The Labute approximate surface area is 152 Å². The van der Waals surface area contributed by atoms with Crippen molar-refractivity contribution in [2.24, 2.45) is 0 Å². The summed E-state index contributed by atoms with van der Waals surface area (Å²) in [5, 5.41) is 6.06. The molecule has 2 aromatic heterocycles. The number of hydrogen-bond donors (Lipinski definition) is 2. The van der Waals surface area contributed by atoms with Crippen LogP contribution in [0, 0.1) is 0 Å². The maximum Gasteiger partial charge on any atom is 0.258 e. The van der Waals surface area contributed by atoms with Gasteiger partial charge >= 0.3 is 0 Å². The number of nitrogens with zero attached hydrogens (tertiary/aromatic N) is 2. The standard InChI is InChI=1S/C20H20N4O2/c1-26-18-7-3-2-5-15(18)10-12-22-17-8-9-19(23-14-17)24-20(25)16-6-4-11-21-13-16/h2-9,11,13-14,22H,10,12H2,1H3,(H,23,24,25). The molecule has 6 nitrogen and oxygen atoms in total. The number of para-hydroxylation sites is 1. The van der Waals surface area contributed by atoms with Crippen LogP contribution in [0.2, 0.25) is 0 Å². The Hall–Kier alpha value is -3.41. The summed E-state index contributed by atoms with van der Waals surface area (Å²) >= 11 is 0. The Kier molecular flexibility index (Phi) is 5.77. The van der Waals surface area contributed by atoms with E-state index < -0.39 is 0 Å². The van der Waals surface area contributed by atoms with Crippen LogP contribution in [-0.4, -0.2) is 29.5 Å². The van der Waals surface area contributed by atoms with Gasteiger partial charge in [-0.15, -0.1) is 0 Å². The lowest BCUT2D eigenvalue weighted by atomic mass is 10.1. The average Bonchev–Trinajstić information content (AvgIpc) is 2.70. The Morgan fingerprint density at radius 2 is 1.96 bits per heavy atom. The van der Waals surface area contributed by atoms with Crippen LogP contribution in [0.25, 0.3) is 0 Å². The summed E-state index contributed by atoms with van der Waals surface area (Å²) in [6.45, 7) is 0.753. The Balaban J connectivity index is 1.52. The maximum atomic E-state index is 12.1. The average molecular weight is 348 g/mol. The van der Waals surface area contributed by atoms with E-state index >= 15 is 0 Å². The molecule has 0 fully saturated rings. The van der Waals surface area contributed by atoms with Crippen molar-refractivity contribution in [3.05, 3.63) is 78.2 Å². The first-order valence-electron chi connectivity index (χ1n) is 8.29.